The number of hydrogen-bond acceptors (Lipinski definition) is 5. The second kappa shape index (κ2) is 4.12. The van der Waals surface area contributed by atoms with Gasteiger partial charge in [0, 0.05) is 6.20 Å². The fourth-order valence-electron chi connectivity index (χ4n) is 1.29. The van der Waals surface area contributed by atoms with E-state index in [0.29, 0.717) is 11.5 Å². The van der Waals surface area contributed by atoms with Crippen molar-refractivity contribution in [2.45, 2.75) is 6.92 Å². The Morgan fingerprint density at radius 2 is 2.18 bits per heavy atom. The normalized spacial score (nSPS) is 10.2. The van der Waals surface area contributed by atoms with E-state index in [1.165, 1.54) is 12.3 Å². The van der Waals surface area contributed by atoms with E-state index >= 15 is 0 Å². The Hall–Kier alpha value is -2.57. The van der Waals surface area contributed by atoms with Crippen molar-refractivity contribution >= 4 is 5.97 Å². The van der Waals surface area contributed by atoms with Crippen molar-refractivity contribution in [1.29, 1.82) is 0 Å². The predicted molar refractivity (Wildman–Crippen MR) is 57.6 cm³/mol. The third-order valence-electron chi connectivity index (χ3n) is 2.07. The Kier molecular flexibility index (Phi) is 2.65. The van der Waals surface area contributed by atoms with Crippen LogP contribution in [0.1, 0.15) is 16.2 Å². The van der Waals surface area contributed by atoms with Gasteiger partial charge in [-0.2, -0.15) is 5.10 Å². The molecule has 2 heterocycles. The minimum absolute atomic E-state index is 0.285. The molecule has 0 radical (unpaired) electrons. The molecule has 17 heavy (non-hydrogen) atoms. The van der Waals surface area contributed by atoms with Gasteiger partial charge >= 0.3 is 5.97 Å². The van der Waals surface area contributed by atoms with Gasteiger partial charge in [0.2, 0.25) is 0 Å². The third-order valence-corrected chi connectivity index (χ3v) is 2.07. The van der Waals surface area contributed by atoms with Gasteiger partial charge in [-0.05, 0) is 19.1 Å². The summed E-state index contributed by atoms with van der Waals surface area (Å²) in [7, 11) is 0. The Balaban J connectivity index is 2.58. The molecule has 0 amide bonds. The Labute approximate surface area is 95.2 Å². The van der Waals surface area contributed by atoms with Crippen LogP contribution in [0.5, 0.6) is 0 Å². The van der Waals surface area contributed by atoms with Crippen LogP contribution in [-0.2, 0) is 0 Å². The molecule has 0 saturated heterocycles. The van der Waals surface area contributed by atoms with E-state index < -0.39 is 11.5 Å². The van der Waals surface area contributed by atoms with Crippen molar-refractivity contribution in [1.82, 2.24) is 20.2 Å². The fourth-order valence-corrected chi connectivity index (χ4v) is 1.29. The van der Waals surface area contributed by atoms with Crippen LogP contribution in [0.15, 0.2) is 23.1 Å². The second-order valence-electron chi connectivity index (χ2n) is 3.29. The van der Waals surface area contributed by atoms with E-state index in [-0.39, 0.29) is 11.3 Å². The lowest BCUT2D eigenvalue weighted by molar-refractivity contribution is 0.0694. The lowest BCUT2D eigenvalue weighted by Crippen LogP contribution is -2.19. The molecule has 2 aromatic heterocycles. The van der Waals surface area contributed by atoms with Gasteiger partial charge in [0.25, 0.3) is 5.56 Å². The van der Waals surface area contributed by atoms with E-state index in [4.69, 9.17) is 5.11 Å². The van der Waals surface area contributed by atoms with E-state index in [0.717, 1.165) is 0 Å². The predicted octanol–water partition coefficient (Wildman–Crippen LogP) is 0.234. The van der Waals surface area contributed by atoms with Crippen molar-refractivity contribution in [2.24, 2.45) is 0 Å². The highest BCUT2D eigenvalue weighted by Crippen LogP contribution is 2.12. The molecule has 0 fully saturated rings. The number of H-pyrrole nitrogens is 1. The van der Waals surface area contributed by atoms with Crippen molar-refractivity contribution in [3.63, 3.8) is 0 Å². The summed E-state index contributed by atoms with van der Waals surface area (Å²) < 4.78 is 0. The van der Waals surface area contributed by atoms with E-state index in [9.17, 15) is 9.59 Å². The van der Waals surface area contributed by atoms with Crippen LogP contribution in [0.2, 0.25) is 0 Å². The zero-order chi connectivity index (χ0) is 12.4. The topological polar surface area (TPSA) is 109 Å². The number of nitrogens with one attached hydrogen (secondary N) is 1. The Bertz CT molecular complexity index is 635. The van der Waals surface area contributed by atoms with Crippen LogP contribution in [0.4, 0.5) is 0 Å². The molecule has 0 unspecified atom stereocenters. The van der Waals surface area contributed by atoms with Crippen molar-refractivity contribution in [3.8, 4) is 11.4 Å². The highest BCUT2D eigenvalue weighted by molar-refractivity contribution is 5.88. The highest BCUT2D eigenvalue weighted by Gasteiger charge is 2.12. The lowest BCUT2D eigenvalue weighted by atomic mass is 10.2. The summed E-state index contributed by atoms with van der Waals surface area (Å²) in [5.74, 6) is -0.770. The fraction of sp³-hybridized carbons (Fsp3) is 0.100. The first-order valence-corrected chi connectivity index (χ1v) is 4.71. The molecule has 2 aromatic rings. The van der Waals surface area contributed by atoms with Crippen molar-refractivity contribution in [3.05, 3.63) is 40.1 Å². The molecular weight excluding hydrogens is 224 g/mol. The van der Waals surface area contributed by atoms with Crippen LogP contribution in [0.25, 0.3) is 11.4 Å². The van der Waals surface area contributed by atoms with Crippen LogP contribution in [-0.4, -0.2) is 31.2 Å². The largest absolute Gasteiger partial charge is 0.477 e. The molecule has 0 spiro atoms. The van der Waals surface area contributed by atoms with Crippen molar-refractivity contribution < 1.29 is 9.90 Å². The van der Waals surface area contributed by atoms with Crippen LogP contribution in [0, 0.1) is 6.92 Å². The number of nitrogens with zero attached hydrogens (tertiary/aromatic N) is 3. The quantitative estimate of drug-likeness (QED) is 0.767. The van der Waals surface area contributed by atoms with E-state index in [1.807, 2.05) is 0 Å². The lowest BCUT2D eigenvalue weighted by Gasteiger charge is -2.00. The van der Waals surface area contributed by atoms with Crippen LogP contribution >= 0.6 is 0 Å². The smallest absolute Gasteiger partial charge is 0.341 e. The molecule has 86 valence electrons. The summed E-state index contributed by atoms with van der Waals surface area (Å²) in [6.07, 6.45) is 1.53. The molecular formula is C10H8N4O3. The number of carbonyl (C=O) groups is 1. The number of hydrogen-bond donors (Lipinski definition) is 2. The van der Waals surface area contributed by atoms with Crippen molar-refractivity contribution in [2.75, 3.05) is 0 Å². The number of aromatic carboxylic acids is 1. The average Bonchev–Trinajstić information content (AvgIpc) is 2.29. The van der Waals surface area contributed by atoms with E-state index in [2.05, 4.69) is 20.2 Å². The summed E-state index contributed by atoms with van der Waals surface area (Å²) in [6.45, 7) is 1.70. The molecule has 0 atom stereocenters. The highest BCUT2D eigenvalue weighted by atomic mass is 16.4. The maximum atomic E-state index is 11.2. The molecule has 0 aliphatic carbocycles. The molecule has 0 bridgehead atoms. The minimum atomic E-state index is -1.30. The van der Waals surface area contributed by atoms with Gasteiger partial charge in [0.1, 0.15) is 17.1 Å². The Morgan fingerprint density at radius 3 is 2.82 bits per heavy atom. The number of aromatic amines is 1. The molecule has 0 aliphatic rings. The number of aryl methyl sites for hydroxylation is 1. The average molecular weight is 232 g/mol. The summed E-state index contributed by atoms with van der Waals surface area (Å²) in [4.78, 5) is 30.0. The maximum absolute atomic E-state index is 11.2. The number of aromatic nitrogens is 4. The first-order chi connectivity index (χ1) is 8.08. The zero-order valence-corrected chi connectivity index (χ0v) is 8.84. The summed E-state index contributed by atoms with van der Waals surface area (Å²) in [6, 6.07) is 2.77. The maximum Gasteiger partial charge on any atom is 0.341 e. The first kappa shape index (κ1) is 10.9. The second-order valence-corrected chi connectivity index (χ2v) is 3.29. The first-order valence-electron chi connectivity index (χ1n) is 4.71. The van der Waals surface area contributed by atoms with E-state index in [1.54, 1.807) is 13.0 Å². The monoisotopic (exact) mass is 232 g/mol. The minimum Gasteiger partial charge on any atom is -0.477 e. The standard InChI is InChI=1S/C10H8N4O3/c1-5-11-3-2-7(12-5)8-4-6(10(16)17)9(15)14-13-8/h2-4H,1H3,(H,14,15)(H,16,17). The van der Waals surface area contributed by atoms with Gasteiger partial charge in [0.05, 0.1) is 5.69 Å². The van der Waals surface area contributed by atoms with Gasteiger partial charge in [0.15, 0.2) is 0 Å². The molecule has 2 rings (SSSR count). The summed E-state index contributed by atoms with van der Waals surface area (Å²) in [5, 5.41) is 14.7. The van der Waals surface area contributed by atoms with Gasteiger partial charge < -0.3 is 5.11 Å². The summed E-state index contributed by atoms with van der Waals surface area (Å²) in [5.41, 5.74) is -0.373. The Morgan fingerprint density at radius 1 is 1.41 bits per heavy atom. The molecule has 0 saturated carbocycles. The number of carboxylic acids is 1. The van der Waals surface area contributed by atoms with Gasteiger partial charge in [-0.1, -0.05) is 0 Å². The van der Waals surface area contributed by atoms with Crippen LogP contribution < -0.4 is 5.56 Å². The van der Waals surface area contributed by atoms with Gasteiger partial charge in [-0.25, -0.2) is 19.9 Å². The molecule has 7 heteroatoms. The van der Waals surface area contributed by atoms with Gasteiger partial charge in [-0.15, -0.1) is 0 Å². The third kappa shape index (κ3) is 2.17. The molecule has 7 nitrogen and oxygen atoms in total. The molecule has 0 aromatic carbocycles. The number of rotatable bonds is 2. The zero-order valence-electron chi connectivity index (χ0n) is 8.84. The molecule has 0 aliphatic heterocycles. The van der Waals surface area contributed by atoms with Crippen LogP contribution in [0.3, 0.4) is 0 Å². The summed E-state index contributed by atoms with van der Waals surface area (Å²) >= 11 is 0. The number of carboxylic acid groups (broad SMARTS) is 1. The van der Waals surface area contributed by atoms with Gasteiger partial charge in [-0.3, -0.25) is 4.79 Å². The SMILES string of the molecule is Cc1nccc(-c2cc(C(=O)O)c(=O)[nH]n2)n1. The molecule has 2 N–H and O–H groups in total.